The zero-order valence-corrected chi connectivity index (χ0v) is 10.9. The maximum atomic E-state index is 11.8. The molecule has 0 unspecified atom stereocenters. The lowest BCUT2D eigenvalue weighted by atomic mass is 10.4. The molecular weight excluding hydrogens is 295 g/mol. The van der Waals surface area contributed by atoms with Crippen molar-refractivity contribution in [1.29, 1.82) is 0 Å². The zero-order valence-electron chi connectivity index (χ0n) is 10.9. The van der Waals surface area contributed by atoms with Gasteiger partial charge in [-0.05, 0) is 12.1 Å². The highest BCUT2D eigenvalue weighted by molar-refractivity contribution is 5.96. The van der Waals surface area contributed by atoms with Gasteiger partial charge in [-0.2, -0.15) is 13.2 Å². The highest BCUT2D eigenvalue weighted by Crippen LogP contribution is 2.11. The quantitative estimate of drug-likeness (QED) is 0.796. The van der Waals surface area contributed by atoms with Gasteiger partial charge in [-0.1, -0.05) is 0 Å². The van der Waals surface area contributed by atoms with Crippen LogP contribution in [0.1, 0.15) is 10.5 Å². The van der Waals surface area contributed by atoms with Crippen LogP contribution in [0, 0.1) is 0 Å². The number of carbonyl (C=O) groups is 3. The number of aromatic nitrogens is 1. The highest BCUT2D eigenvalue weighted by atomic mass is 19.4. The highest BCUT2D eigenvalue weighted by Gasteiger charge is 2.28. The van der Waals surface area contributed by atoms with E-state index in [2.05, 4.69) is 4.74 Å². The van der Waals surface area contributed by atoms with Crippen molar-refractivity contribution in [2.45, 2.75) is 6.18 Å². The number of amides is 3. The van der Waals surface area contributed by atoms with Crippen molar-refractivity contribution >= 4 is 17.9 Å². The van der Waals surface area contributed by atoms with Gasteiger partial charge in [0.15, 0.2) is 6.61 Å². The molecule has 3 amide bonds. The van der Waals surface area contributed by atoms with Gasteiger partial charge in [-0.15, -0.1) is 0 Å². The standard InChI is InChI=1S/C11H12F3N3O4/c1-17-4-2-3-7(17)9(19)21-5-8(18)16-10(20)15-6-11(12,13)14/h2-4H,5-6H2,1H3,(H2,15,16,18,20). The summed E-state index contributed by atoms with van der Waals surface area (Å²) in [6.07, 6.45) is -3.00. The van der Waals surface area contributed by atoms with Gasteiger partial charge in [-0.3, -0.25) is 10.1 Å². The molecule has 21 heavy (non-hydrogen) atoms. The maximum Gasteiger partial charge on any atom is 0.405 e. The van der Waals surface area contributed by atoms with Crippen LogP contribution in [0.25, 0.3) is 0 Å². The molecule has 7 nitrogen and oxygen atoms in total. The van der Waals surface area contributed by atoms with Crippen LogP contribution >= 0.6 is 0 Å². The Morgan fingerprint density at radius 1 is 1.33 bits per heavy atom. The van der Waals surface area contributed by atoms with Crippen LogP contribution in [0.4, 0.5) is 18.0 Å². The molecule has 0 radical (unpaired) electrons. The predicted molar refractivity (Wildman–Crippen MR) is 63.3 cm³/mol. The number of ether oxygens (including phenoxy) is 1. The Balaban J connectivity index is 2.33. The molecule has 1 rings (SSSR count). The van der Waals surface area contributed by atoms with Gasteiger partial charge >= 0.3 is 18.2 Å². The molecule has 0 saturated heterocycles. The second-order valence-electron chi connectivity index (χ2n) is 3.93. The first-order chi connectivity index (χ1) is 9.69. The van der Waals surface area contributed by atoms with Gasteiger partial charge in [0.25, 0.3) is 5.91 Å². The van der Waals surface area contributed by atoms with Crippen LogP contribution in [0.15, 0.2) is 18.3 Å². The number of nitrogens with one attached hydrogen (secondary N) is 2. The van der Waals surface area contributed by atoms with Crippen molar-refractivity contribution in [3.63, 3.8) is 0 Å². The minimum Gasteiger partial charge on any atom is -0.451 e. The summed E-state index contributed by atoms with van der Waals surface area (Å²) in [7, 11) is 1.58. The summed E-state index contributed by atoms with van der Waals surface area (Å²) in [4.78, 5) is 33.6. The number of nitrogens with zero attached hydrogens (tertiary/aromatic N) is 1. The molecule has 0 bridgehead atoms. The molecule has 10 heteroatoms. The molecule has 1 aromatic rings. The van der Waals surface area contributed by atoms with Crippen molar-refractivity contribution in [2.75, 3.05) is 13.2 Å². The van der Waals surface area contributed by atoms with E-state index < -0.39 is 37.2 Å². The van der Waals surface area contributed by atoms with Gasteiger partial charge in [0.05, 0.1) is 0 Å². The number of urea groups is 1. The molecule has 2 N–H and O–H groups in total. The van der Waals surface area contributed by atoms with E-state index in [9.17, 15) is 27.6 Å². The van der Waals surface area contributed by atoms with E-state index in [1.54, 1.807) is 24.6 Å². The second kappa shape index (κ2) is 6.77. The number of alkyl halides is 3. The van der Waals surface area contributed by atoms with Crippen LogP contribution in [0.5, 0.6) is 0 Å². The normalized spacial score (nSPS) is 10.9. The van der Waals surface area contributed by atoms with Gasteiger partial charge in [0.2, 0.25) is 0 Å². The summed E-state index contributed by atoms with van der Waals surface area (Å²) in [5.74, 6) is -1.84. The lowest BCUT2D eigenvalue weighted by molar-refractivity contribution is -0.125. The van der Waals surface area contributed by atoms with Gasteiger partial charge in [-0.25, -0.2) is 9.59 Å². The monoisotopic (exact) mass is 307 g/mol. The molecule has 0 atom stereocenters. The Hall–Kier alpha value is -2.52. The molecule has 0 saturated carbocycles. The summed E-state index contributed by atoms with van der Waals surface area (Å²) in [5.41, 5.74) is 0.185. The Morgan fingerprint density at radius 2 is 2.00 bits per heavy atom. The molecule has 116 valence electrons. The third-order valence-electron chi connectivity index (χ3n) is 2.19. The summed E-state index contributed by atoms with van der Waals surface area (Å²) in [6.45, 7) is -2.36. The average Bonchev–Trinajstić information content (AvgIpc) is 2.79. The number of esters is 1. The summed E-state index contributed by atoms with van der Waals surface area (Å²) >= 11 is 0. The lowest BCUT2D eigenvalue weighted by Gasteiger charge is -2.09. The van der Waals surface area contributed by atoms with Crippen molar-refractivity contribution in [1.82, 2.24) is 15.2 Å². The Labute approximate surface area is 117 Å². The van der Waals surface area contributed by atoms with Crippen molar-refractivity contribution in [3.05, 3.63) is 24.0 Å². The van der Waals surface area contributed by atoms with E-state index in [1.165, 1.54) is 16.0 Å². The van der Waals surface area contributed by atoms with Crippen LogP contribution in [-0.4, -0.2) is 41.8 Å². The predicted octanol–water partition coefficient (Wildman–Crippen LogP) is 0.570. The number of carbonyl (C=O) groups excluding carboxylic acids is 3. The average molecular weight is 307 g/mol. The van der Waals surface area contributed by atoms with E-state index in [4.69, 9.17) is 0 Å². The second-order valence-corrected chi connectivity index (χ2v) is 3.93. The number of rotatable bonds is 4. The maximum absolute atomic E-state index is 11.8. The third-order valence-corrected chi connectivity index (χ3v) is 2.19. The first-order valence-electron chi connectivity index (χ1n) is 5.62. The summed E-state index contributed by atoms with van der Waals surface area (Å²) in [6, 6.07) is 1.71. The molecular formula is C11H12F3N3O4. The first kappa shape index (κ1) is 16.5. The Kier molecular flexibility index (Phi) is 5.33. The van der Waals surface area contributed by atoms with E-state index in [0.29, 0.717) is 0 Å². The fourth-order valence-electron chi connectivity index (χ4n) is 1.27. The van der Waals surface area contributed by atoms with Crippen molar-refractivity contribution in [2.24, 2.45) is 7.05 Å². The number of halogens is 3. The smallest absolute Gasteiger partial charge is 0.405 e. The van der Waals surface area contributed by atoms with E-state index in [1.807, 2.05) is 0 Å². The summed E-state index contributed by atoms with van der Waals surface area (Å²) in [5, 5.41) is 3.03. The van der Waals surface area contributed by atoms with Crippen molar-refractivity contribution in [3.8, 4) is 0 Å². The SMILES string of the molecule is Cn1cccc1C(=O)OCC(=O)NC(=O)NCC(F)(F)F. The lowest BCUT2D eigenvalue weighted by Crippen LogP contribution is -2.44. The number of aryl methyl sites for hydroxylation is 1. The van der Waals surface area contributed by atoms with Gasteiger partial charge in [0.1, 0.15) is 12.2 Å². The molecule has 0 aromatic carbocycles. The van der Waals surface area contributed by atoms with E-state index >= 15 is 0 Å². The van der Waals surface area contributed by atoms with Crippen LogP contribution < -0.4 is 10.6 Å². The van der Waals surface area contributed by atoms with Crippen LogP contribution in [0.2, 0.25) is 0 Å². The number of imide groups is 1. The van der Waals surface area contributed by atoms with Crippen molar-refractivity contribution < 1.29 is 32.3 Å². The minimum atomic E-state index is -4.58. The minimum absolute atomic E-state index is 0.185. The molecule has 0 fully saturated rings. The third kappa shape index (κ3) is 5.97. The Bertz CT molecular complexity index is 539. The van der Waals surface area contributed by atoms with Crippen LogP contribution in [0.3, 0.4) is 0 Å². The molecule has 0 aliphatic heterocycles. The fraction of sp³-hybridized carbons (Fsp3) is 0.364. The topological polar surface area (TPSA) is 89.4 Å². The van der Waals surface area contributed by atoms with E-state index in [-0.39, 0.29) is 5.69 Å². The largest absolute Gasteiger partial charge is 0.451 e. The molecule has 0 aliphatic carbocycles. The molecule has 1 heterocycles. The van der Waals surface area contributed by atoms with Gasteiger partial charge in [0, 0.05) is 13.2 Å². The van der Waals surface area contributed by atoms with E-state index in [0.717, 1.165) is 0 Å². The van der Waals surface area contributed by atoms with Crippen LogP contribution in [-0.2, 0) is 16.6 Å². The number of hydrogen-bond donors (Lipinski definition) is 2. The first-order valence-corrected chi connectivity index (χ1v) is 5.62. The molecule has 1 aromatic heterocycles. The fourth-order valence-corrected chi connectivity index (χ4v) is 1.27. The molecule has 0 spiro atoms. The summed E-state index contributed by atoms with van der Waals surface area (Å²) < 4.78 is 41.5. The van der Waals surface area contributed by atoms with Gasteiger partial charge < -0.3 is 14.6 Å². The zero-order chi connectivity index (χ0) is 16.0. The molecule has 0 aliphatic rings. The number of hydrogen-bond acceptors (Lipinski definition) is 4. The Morgan fingerprint density at radius 3 is 2.52 bits per heavy atom.